The second kappa shape index (κ2) is 3.67. The molecule has 0 amide bonds. The standard InChI is InChI=1S/C21H17N/c1-12-10-15-13-6-4-8-16-18(13)19-14(20(15)22-11-12)7-5-9-17(19)21(16,2)3/h4-11H,1-3H3. The molecule has 0 aliphatic heterocycles. The molecule has 0 bridgehead atoms. The summed E-state index contributed by atoms with van der Waals surface area (Å²) in [5.74, 6) is 0. The number of hydrogen-bond donors (Lipinski definition) is 0. The van der Waals surface area contributed by atoms with E-state index in [0.717, 1.165) is 5.52 Å². The molecule has 0 radical (unpaired) electrons. The SMILES string of the molecule is Cc1cnc2c(c1)c1cccc3c1c1c(cccc21)C3(C)C. The zero-order valence-corrected chi connectivity index (χ0v) is 13.1. The van der Waals surface area contributed by atoms with Gasteiger partial charge in [-0.15, -0.1) is 0 Å². The van der Waals surface area contributed by atoms with Crippen LogP contribution in [0.4, 0.5) is 0 Å². The average Bonchev–Trinajstić information content (AvgIpc) is 2.76. The highest BCUT2D eigenvalue weighted by molar-refractivity contribution is 6.27. The maximum Gasteiger partial charge on any atom is 0.0787 e. The van der Waals surface area contributed by atoms with E-state index in [-0.39, 0.29) is 5.41 Å². The van der Waals surface area contributed by atoms with Gasteiger partial charge < -0.3 is 0 Å². The summed E-state index contributed by atoms with van der Waals surface area (Å²) in [5.41, 5.74) is 5.28. The average molecular weight is 283 g/mol. The fraction of sp³-hybridized carbons (Fsp3) is 0.190. The van der Waals surface area contributed by atoms with Gasteiger partial charge in [0, 0.05) is 22.4 Å². The molecule has 0 atom stereocenters. The zero-order chi connectivity index (χ0) is 15.1. The van der Waals surface area contributed by atoms with Crippen molar-refractivity contribution in [2.45, 2.75) is 26.2 Å². The molecule has 1 aliphatic carbocycles. The third-order valence-electron chi connectivity index (χ3n) is 5.30. The lowest BCUT2D eigenvalue weighted by Gasteiger charge is -2.21. The van der Waals surface area contributed by atoms with Gasteiger partial charge in [-0.2, -0.15) is 0 Å². The van der Waals surface area contributed by atoms with Crippen molar-refractivity contribution in [1.29, 1.82) is 0 Å². The Labute approximate surface area is 129 Å². The zero-order valence-electron chi connectivity index (χ0n) is 13.1. The Bertz CT molecular complexity index is 1100. The second-order valence-electron chi connectivity index (χ2n) is 6.99. The van der Waals surface area contributed by atoms with E-state index in [1.54, 1.807) is 0 Å². The van der Waals surface area contributed by atoms with Crippen molar-refractivity contribution in [3.8, 4) is 0 Å². The van der Waals surface area contributed by atoms with Gasteiger partial charge in [0.25, 0.3) is 0 Å². The van der Waals surface area contributed by atoms with E-state index in [0.29, 0.717) is 0 Å². The van der Waals surface area contributed by atoms with Crippen LogP contribution in [0.3, 0.4) is 0 Å². The van der Waals surface area contributed by atoms with Crippen LogP contribution in [0.5, 0.6) is 0 Å². The first-order valence-corrected chi connectivity index (χ1v) is 7.84. The largest absolute Gasteiger partial charge is 0.255 e. The highest BCUT2D eigenvalue weighted by Crippen LogP contribution is 2.50. The minimum atomic E-state index is 0.0633. The molecule has 0 spiro atoms. The number of aryl methyl sites for hydroxylation is 1. The monoisotopic (exact) mass is 283 g/mol. The summed E-state index contributed by atoms with van der Waals surface area (Å²) in [6, 6.07) is 15.7. The van der Waals surface area contributed by atoms with Crippen LogP contribution in [-0.2, 0) is 5.41 Å². The van der Waals surface area contributed by atoms with Crippen LogP contribution in [0, 0.1) is 6.92 Å². The lowest BCUT2D eigenvalue weighted by atomic mass is 9.82. The van der Waals surface area contributed by atoms with Gasteiger partial charge in [0.15, 0.2) is 0 Å². The molecule has 0 saturated heterocycles. The Hall–Kier alpha value is -2.41. The van der Waals surface area contributed by atoms with E-state index < -0.39 is 0 Å². The topological polar surface area (TPSA) is 12.9 Å². The number of hydrogen-bond acceptors (Lipinski definition) is 1. The van der Waals surface area contributed by atoms with Gasteiger partial charge in [-0.05, 0) is 45.8 Å². The molecule has 3 aromatic carbocycles. The molecule has 106 valence electrons. The van der Waals surface area contributed by atoms with Crippen molar-refractivity contribution in [1.82, 2.24) is 4.98 Å². The maximum absolute atomic E-state index is 4.77. The van der Waals surface area contributed by atoms with E-state index >= 15 is 0 Å². The summed E-state index contributed by atoms with van der Waals surface area (Å²) in [6.07, 6.45) is 1.98. The van der Waals surface area contributed by atoms with Gasteiger partial charge in [-0.1, -0.05) is 50.2 Å². The molecule has 22 heavy (non-hydrogen) atoms. The number of fused-ring (bicyclic) bond motifs is 3. The molecular formula is C21H17N. The van der Waals surface area contributed by atoms with Crippen molar-refractivity contribution >= 4 is 32.4 Å². The van der Waals surface area contributed by atoms with Gasteiger partial charge >= 0.3 is 0 Å². The van der Waals surface area contributed by atoms with Crippen LogP contribution in [0.1, 0.15) is 30.5 Å². The highest BCUT2D eigenvalue weighted by atomic mass is 14.7. The van der Waals surface area contributed by atoms with Gasteiger partial charge in [0.1, 0.15) is 0 Å². The summed E-state index contributed by atoms with van der Waals surface area (Å²) in [6.45, 7) is 6.78. The van der Waals surface area contributed by atoms with Gasteiger partial charge in [0.2, 0.25) is 0 Å². The van der Waals surface area contributed by atoms with Crippen LogP contribution in [0.15, 0.2) is 48.7 Å². The third kappa shape index (κ3) is 1.24. The Morgan fingerprint density at radius 1 is 0.818 bits per heavy atom. The fourth-order valence-electron chi connectivity index (χ4n) is 4.24. The molecule has 0 unspecified atom stereocenters. The first-order valence-electron chi connectivity index (χ1n) is 7.84. The molecule has 4 aromatic rings. The first-order chi connectivity index (χ1) is 10.6. The quantitative estimate of drug-likeness (QED) is 0.389. The number of pyridine rings is 1. The van der Waals surface area contributed by atoms with E-state index in [1.807, 2.05) is 6.20 Å². The normalized spacial score (nSPS) is 15.4. The van der Waals surface area contributed by atoms with Gasteiger partial charge in [-0.3, -0.25) is 4.98 Å². The third-order valence-corrected chi connectivity index (χ3v) is 5.30. The molecule has 1 aromatic heterocycles. The van der Waals surface area contributed by atoms with Crippen LogP contribution < -0.4 is 0 Å². The van der Waals surface area contributed by atoms with Gasteiger partial charge in [0.05, 0.1) is 5.52 Å². The van der Waals surface area contributed by atoms with Crippen molar-refractivity contribution < 1.29 is 0 Å². The minimum absolute atomic E-state index is 0.0633. The molecular weight excluding hydrogens is 266 g/mol. The molecule has 1 heterocycles. The summed E-state index contributed by atoms with van der Waals surface area (Å²) >= 11 is 0. The molecule has 5 rings (SSSR count). The molecule has 1 heteroatoms. The fourth-order valence-corrected chi connectivity index (χ4v) is 4.24. The number of rotatable bonds is 0. The molecule has 0 fully saturated rings. The van der Waals surface area contributed by atoms with Crippen molar-refractivity contribution in [2.24, 2.45) is 0 Å². The Morgan fingerprint density at radius 3 is 2.18 bits per heavy atom. The van der Waals surface area contributed by atoms with Crippen molar-refractivity contribution in [3.63, 3.8) is 0 Å². The number of nitrogens with zero attached hydrogens (tertiary/aromatic N) is 1. The Kier molecular flexibility index (Phi) is 2.03. The number of aromatic nitrogens is 1. The van der Waals surface area contributed by atoms with Crippen LogP contribution in [0.2, 0.25) is 0 Å². The van der Waals surface area contributed by atoms with E-state index in [9.17, 15) is 0 Å². The van der Waals surface area contributed by atoms with E-state index in [2.05, 4.69) is 63.2 Å². The summed E-state index contributed by atoms with van der Waals surface area (Å²) in [7, 11) is 0. The predicted octanol–water partition coefficient (Wildman–Crippen LogP) is 5.49. The smallest absolute Gasteiger partial charge is 0.0787 e. The molecule has 1 nitrogen and oxygen atoms in total. The first kappa shape index (κ1) is 12.2. The summed E-state index contributed by atoms with van der Waals surface area (Å²) in [5, 5.41) is 6.74. The molecule has 0 saturated carbocycles. The predicted molar refractivity (Wildman–Crippen MR) is 93.6 cm³/mol. The molecule has 0 N–H and O–H groups in total. The maximum atomic E-state index is 4.77. The second-order valence-corrected chi connectivity index (χ2v) is 6.99. The summed E-state index contributed by atoms with van der Waals surface area (Å²) < 4.78 is 0. The highest BCUT2D eigenvalue weighted by Gasteiger charge is 2.34. The summed E-state index contributed by atoms with van der Waals surface area (Å²) in [4.78, 5) is 4.77. The van der Waals surface area contributed by atoms with E-state index in [4.69, 9.17) is 4.98 Å². The Balaban J connectivity index is 2.23. The lowest BCUT2D eigenvalue weighted by Crippen LogP contribution is -2.14. The molecule has 1 aliphatic rings. The van der Waals surface area contributed by atoms with Crippen molar-refractivity contribution in [3.05, 3.63) is 65.4 Å². The Morgan fingerprint density at radius 2 is 1.45 bits per heavy atom. The minimum Gasteiger partial charge on any atom is -0.255 e. The van der Waals surface area contributed by atoms with Crippen LogP contribution in [0.25, 0.3) is 32.4 Å². The van der Waals surface area contributed by atoms with Gasteiger partial charge in [-0.25, -0.2) is 0 Å². The lowest BCUT2D eigenvalue weighted by molar-refractivity contribution is 0.663. The van der Waals surface area contributed by atoms with Crippen LogP contribution in [-0.4, -0.2) is 4.98 Å². The van der Waals surface area contributed by atoms with Crippen molar-refractivity contribution in [2.75, 3.05) is 0 Å². The van der Waals surface area contributed by atoms with Crippen LogP contribution >= 0.6 is 0 Å². The number of benzene rings is 3. The van der Waals surface area contributed by atoms with E-state index in [1.165, 1.54) is 43.6 Å².